The van der Waals surface area contributed by atoms with E-state index in [0.717, 1.165) is 25.1 Å². The maximum atomic E-state index is 12.8. The Labute approximate surface area is 130 Å². The van der Waals surface area contributed by atoms with Crippen LogP contribution in [-0.4, -0.2) is 28.4 Å². The first-order valence-electron chi connectivity index (χ1n) is 7.94. The standard InChI is InChI=1S/C17H27NO2S/c1-4-18-17(14-9-11-15(20-3)12-10-14)13(2)21(19)16-7-5-6-8-16/h9-13,16-18H,4-8H2,1-3H3. The van der Waals surface area contributed by atoms with Crippen LogP contribution in [0.1, 0.15) is 51.1 Å². The number of rotatable bonds is 7. The Morgan fingerprint density at radius 1 is 1.29 bits per heavy atom. The molecule has 1 aromatic carbocycles. The van der Waals surface area contributed by atoms with Crippen LogP contribution in [0, 0.1) is 0 Å². The zero-order valence-electron chi connectivity index (χ0n) is 13.3. The predicted molar refractivity (Wildman–Crippen MR) is 89.3 cm³/mol. The first-order valence-corrected chi connectivity index (χ1v) is 9.21. The van der Waals surface area contributed by atoms with Crippen LogP contribution in [-0.2, 0) is 10.8 Å². The van der Waals surface area contributed by atoms with E-state index in [9.17, 15) is 4.21 Å². The molecule has 21 heavy (non-hydrogen) atoms. The maximum Gasteiger partial charge on any atom is 0.118 e. The smallest absolute Gasteiger partial charge is 0.118 e. The minimum Gasteiger partial charge on any atom is -0.497 e. The molecule has 0 heterocycles. The summed E-state index contributed by atoms with van der Waals surface area (Å²) >= 11 is 0. The van der Waals surface area contributed by atoms with Crippen molar-refractivity contribution < 1.29 is 8.95 Å². The molecule has 0 bridgehead atoms. The monoisotopic (exact) mass is 309 g/mol. The second kappa shape index (κ2) is 7.95. The Morgan fingerprint density at radius 3 is 2.43 bits per heavy atom. The van der Waals surface area contributed by atoms with Gasteiger partial charge in [0.1, 0.15) is 5.75 Å². The van der Waals surface area contributed by atoms with E-state index in [1.165, 1.54) is 18.4 Å². The Bertz CT molecular complexity index is 454. The van der Waals surface area contributed by atoms with E-state index < -0.39 is 10.8 Å². The van der Waals surface area contributed by atoms with E-state index in [1.54, 1.807) is 7.11 Å². The fourth-order valence-corrected chi connectivity index (χ4v) is 5.07. The van der Waals surface area contributed by atoms with Gasteiger partial charge in [-0.1, -0.05) is 31.9 Å². The van der Waals surface area contributed by atoms with Crippen molar-refractivity contribution in [3.8, 4) is 5.75 Å². The lowest BCUT2D eigenvalue weighted by Crippen LogP contribution is -2.36. The van der Waals surface area contributed by atoms with Crippen molar-refractivity contribution in [2.24, 2.45) is 0 Å². The van der Waals surface area contributed by atoms with E-state index in [0.29, 0.717) is 5.25 Å². The number of hydrogen-bond acceptors (Lipinski definition) is 3. The van der Waals surface area contributed by atoms with E-state index in [-0.39, 0.29) is 11.3 Å². The summed E-state index contributed by atoms with van der Waals surface area (Å²) in [4.78, 5) is 0. The molecule has 0 aromatic heterocycles. The van der Waals surface area contributed by atoms with Gasteiger partial charge < -0.3 is 10.1 Å². The van der Waals surface area contributed by atoms with E-state index in [4.69, 9.17) is 4.74 Å². The van der Waals surface area contributed by atoms with Crippen molar-refractivity contribution in [1.29, 1.82) is 0 Å². The van der Waals surface area contributed by atoms with Crippen LogP contribution in [0.2, 0.25) is 0 Å². The molecule has 0 spiro atoms. The average molecular weight is 309 g/mol. The summed E-state index contributed by atoms with van der Waals surface area (Å²) in [6, 6.07) is 8.25. The van der Waals surface area contributed by atoms with E-state index >= 15 is 0 Å². The molecule has 0 saturated heterocycles. The Hall–Kier alpha value is -0.870. The Balaban J connectivity index is 2.13. The number of benzene rings is 1. The fraction of sp³-hybridized carbons (Fsp3) is 0.647. The van der Waals surface area contributed by atoms with Crippen molar-refractivity contribution in [2.45, 2.75) is 56.1 Å². The zero-order chi connectivity index (χ0) is 15.2. The van der Waals surface area contributed by atoms with Gasteiger partial charge in [-0.15, -0.1) is 0 Å². The molecule has 3 nitrogen and oxygen atoms in total. The highest BCUT2D eigenvalue weighted by Crippen LogP contribution is 2.30. The van der Waals surface area contributed by atoms with Gasteiger partial charge in [-0.2, -0.15) is 0 Å². The topological polar surface area (TPSA) is 38.3 Å². The first-order chi connectivity index (χ1) is 10.2. The first kappa shape index (κ1) is 16.5. The lowest BCUT2D eigenvalue weighted by molar-refractivity contribution is 0.414. The molecule has 3 atom stereocenters. The van der Waals surface area contributed by atoms with Gasteiger partial charge in [0.25, 0.3) is 0 Å². The molecule has 0 aliphatic heterocycles. The average Bonchev–Trinajstić information content (AvgIpc) is 3.06. The van der Waals surface area contributed by atoms with Crippen molar-refractivity contribution in [3.63, 3.8) is 0 Å². The summed E-state index contributed by atoms with van der Waals surface area (Å²) in [6.45, 7) is 5.09. The third-order valence-electron chi connectivity index (χ3n) is 4.37. The third kappa shape index (κ3) is 4.07. The normalized spacial score (nSPS) is 20.1. The van der Waals surface area contributed by atoms with E-state index in [1.807, 2.05) is 12.1 Å². The van der Waals surface area contributed by atoms with Crippen molar-refractivity contribution in [1.82, 2.24) is 5.32 Å². The van der Waals surface area contributed by atoms with Crippen LogP contribution in [0.25, 0.3) is 0 Å². The molecular formula is C17H27NO2S. The van der Waals surface area contributed by atoms with Crippen molar-refractivity contribution >= 4 is 10.8 Å². The summed E-state index contributed by atoms with van der Waals surface area (Å²) in [5, 5.41) is 4.02. The molecule has 118 valence electrons. The van der Waals surface area contributed by atoms with Gasteiger partial charge in [-0.3, -0.25) is 4.21 Å². The van der Waals surface area contributed by atoms with Gasteiger partial charge in [0, 0.05) is 22.1 Å². The largest absolute Gasteiger partial charge is 0.497 e. The summed E-state index contributed by atoms with van der Waals surface area (Å²) in [5.74, 6) is 0.860. The van der Waals surface area contributed by atoms with E-state index in [2.05, 4.69) is 31.3 Å². The summed E-state index contributed by atoms with van der Waals surface area (Å²) in [6.07, 6.45) is 4.71. The number of ether oxygens (including phenoxy) is 1. The van der Waals surface area contributed by atoms with Crippen LogP contribution in [0.5, 0.6) is 5.75 Å². The van der Waals surface area contributed by atoms with Gasteiger partial charge in [0.15, 0.2) is 0 Å². The molecule has 0 amide bonds. The van der Waals surface area contributed by atoms with Crippen molar-refractivity contribution in [2.75, 3.05) is 13.7 Å². The minimum absolute atomic E-state index is 0.126. The highest BCUT2D eigenvalue weighted by atomic mass is 32.2. The molecule has 1 fully saturated rings. The molecule has 1 N–H and O–H groups in total. The van der Waals surface area contributed by atoms with Gasteiger partial charge >= 0.3 is 0 Å². The number of methoxy groups -OCH3 is 1. The summed E-state index contributed by atoms with van der Waals surface area (Å²) < 4.78 is 18.0. The SMILES string of the molecule is CCNC(c1ccc(OC)cc1)C(C)S(=O)C1CCCC1. The number of nitrogens with one attached hydrogen (secondary N) is 1. The predicted octanol–water partition coefficient (Wildman–Crippen LogP) is 3.43. The van der Waals surface area contributed by atoms with Gasteiger partial charge in [0.2, 0.25) is 0 Å². The summed E-state index contributed by atoms with van der Waals surface area (Å²) in [7, 11) is 0.902. The molecule has 3 unspecified atom stereocenters. The number of hydrogen-bond donors (Lipinski definition) is 1. The van der Waals surface area contributed by atoms with Gasteiger partial charge in [-0.05, 0) is 44.0 Å². The lowest BCUT2D eigenvalue weighted by atomic mass is 10.0. The van der Waals surface area contributed by atoms with Crippen LogP contribution in [0.4, 0.5) is 0 Å². The third-order valence-corrected chi connectivity index (χ3v) is 6.50. The quantitative estimate of drug-likeness (QED) is 0.838. The maximum absolute atomic E-state index is 12.8. The van der Waals surface area contributed by atoms with Crippen LogP contribution in [0.15, 0.2) is 24.3 Å². The molecule has 1 aromatic rings. The summed E-state index contributed by atoms with van der Waals surface area (Å²) in [5.41, 5.74) is 1.19. The molecule has 4 heteroatoms. The van der Waals surface area contributed by atoms with Crippen LogP contribution in [0.3, 0.4) is 0 Å². The van der Waals surface area contributed by atoms with Crippen LogP contribution < -0.4 is 10.1 Å². The Morgan fingerprint density at radius 2 is 1.90 bits per heavy atom. The Kier molecular flexibility index (Phi) is 6.24. The molecule has 0 radical (unpaired) electrons. The van der Waals surface area contributed by atoms with Crippen LogP contribution >= 0.6 is 0 Å². The second-order valence-electron chi connectivity index (χ2n) is 5.75. The lowest BCUT2D eigenvalue weighted by Gasteiger charge is -2.27. The van der Waals surface area contributed by atoms with Gasteiger partial charge in [0.05, 0.1) is 12.4 Å². The highest BCUT2D eigenvalue weighted by Gasteiger charge is 2.30. The molecule has 2 rings (SSSR count). The second-order valence-corrected chi connectivity index (χ2v) is 7.82. The zero-order valence-corrected chi connectivity index (χ0v) is 14.1. The van der Waals surface area contributed by atoms with Gasteiger partial charge in [-0.25, -0.2) is 0 Å². The van der Waals surface area contributed by atoms with Crippen molar-refractivity contribution in [3.05, 3.63) is 29.8 Å². The fourth-order valence-electron chi connectivity index (χ4n) is 3.14. The molecular weight excluding hydrogens is 282 g/mol. The highest BCUT2D eigenvalue weighted by molar-refractivity contribution is 7.86. The minimum atomic E-state index is -0.773. The molecule has 1 aliphatic rings. The molecule has 1 aliphatic carbocycles. The molecule has 1 saturated carbocycles.